The molecule has 33 heavy (non-hydrogen) atoms. The van der Waals surface area contributed by atoms with Crippen LogP contribution in [-0.4, -0.2) is 38.3 Å². The van der Waals surface area contributed by atoms with Crippen molar-refractivity contribution >= 4 is 44.0 Å². The fourth-order valence-corrected chi connectivity index (χ4v) is 4.30. The minimum Gasteiger partial charge on any atom is -0.494 e. The Morgan fingerprint density at radius 1 is 1.24 bits per heavy atom. The van der Waals surface area contributed by atoms with Crippen LogP contribution in [0.2, 0.25) is 0 Å². The van der Waals surface area contributed by atoms with Crippen LogP contribution in [0.4, 0.5) is 0 Å². The fraction of sp³-hybridized carbons (Fsp3) is 0.320. The SMILES string of the molecule is C=CCCCn1c(-c2nc3cc(C(=O)OC(C)C)cc(OC)c3n2C)cc2ccc(Br)nc21. The highest BCUT2D eigenvalue weighted by atomic mass is 79.9. The van der Waals surface area contributed by atoms with Gasteiger partial charge in [0.2, 0.25) is 0 Å². The summed E-state index contributed by atoms with van der Waals surface area (Å²) in [5, 5.41) is 1.03. The minimum absolute atomic E-state index is 0.211. The number of esters is 1. The lowest BCUT2D eigenvalue weighted by molar-refractivity contribution is 0.0377. The van der Waals surface area contributed by atoms with Crippen molar-refractivity contribution in [2.24, 2.45) is 7.05 Å². The summed E-state index contributed by atoms with van der Waals surface area (Å²) in [4.78, 5) is 22.2. The number of aromatic nitrogens is 4. The maximum atomic E-state index is 12.5. The first-order valence-corrected chi connectivity index (χ1v) is 11.7. The third-order valence-corrected chi connectivity index (χ3v) is 5.90. The maximum absolute atomic E-state index is 12.5. The van der Waals surface area contributed by atoms with Crippen LogP contribution in [0.5, 0.6) is 5.75 Å². The molecule has 0 atom stereocenters. The molecular weight excluding hydrogens is 484 g/mol. The number of unbranched alkanes of at least 4 members (excludes halogenated alkanes) is 1. The third kappa shape index (κ3) is 4.39. The molecule has 0 amide bonds. The van der Waals surface area contributed by atoms with Crippen molar-refractivity contribution in [3.05, 3.63) is 53.2 Å². The molecule has 0 N–H and O–H groups in total. The third-order valence-electron chi connectivity index (χ3n) is 5.46. The van der Waals surface area contributed by atoms with E-state index in [-0.39, 0.29) is 6.10 Å². The van der Waals surface area contributed by atoms with Crippen LogP contribution in [0.15, 0.2) is 47.6 Å². The van der Waals surface area contributed by atoms with Gasteiger partial charge in [0.05, 0.1) is 30.0 Å². The zero-order valence-corrected chi connectivity index (χ0v) is 20.8. The predicted octanol–water partition coefficient (Wildman–Crippen LogP) is 5.89. The molecule has 3 heterocycles. The molecule has 8 heteroatoms. The summed E-state index contributed by atoms with van der Waals surface area (Å²) < 4.78 is 16.0. The van der Waals surface area contributed by atoms with Crippen molar-refractivity contribution in [1.82, 2.24) is 19.1 Å². The molecule has 4 aromatic rings. The van der Waals surface area contributed by atoms with E-state index in [0.717, 1.165) is 52.1 Å². The molecule has 7 nitrogen and oxygen atoms in total. The number of hydrogen-bond donors (Lipinski definition) is 0. The molecule has 0 saturated carbocycles. The first-order valence-electron chi connectivity index (χ1n) is 10.9. The molecule has 1 aromatic carbocycles. The van der Waals surface area contributed by atoms with Gasteiger partial charge in [0.1, 0.15) is 21.5 Å². The number of hydrogen-bond acceptors (Lipinski definition) is 5. The van der Waals surface area contributed by atoms with Crippen molar-refractivity contribution in [3.8, 4) is 17.3 Å². The van der Waals surface area contributed by atoms with E-state index in [2.05, 4.69) is 33.1 Å². The second kappa shape index (κ2) is 9.39. The Bertz CT molecular complexity index is 1350. The van der Waals surface area contributed by atoms with E-state index in [1.54, 1.807) is 19.2 Å². The molecule has 0 aliphatic carbocycles. The number of methoxy groups -OCH3 is 1. The first kappa shape index (κ1) is 23.0. The van der Waals surface area contributed by atoms with Gasteiger partial charge >= 0.3 is 5.97 Å². The lowest BCUT2D eigenvalue weighted by Crippen LogP contribution is -2.11. The van der Waals surface area contributed by atoms with Crippen molar-refractivity contribution in [2.75, 3.05) is 7.11 Å². The van der Waals surface area contributed by atoms with Crippen LogP contribution >= 0.6 is 15.9 Å². The first-order chi connectivity index (χ1) is 15.8. The van der Waals surface area contributed by atoms with Crippen LogP contribution in [0.3, 0.4) is 0 Å². The van der Waals surface area contributed by atoms with E-state index in [1.807, 2.05) is 43.7 Å². The number of rotatable bonds is 8. The van der Waals surface area contributed by atoms with E-state index < -0.39 is 5.97 Å². The molecule has 0 unspecified atom stereocenters. The number of allylic oxidation sites excluding steroid dienone is 1. The normalized spacial score (nSPS) is 11.5. The highest BCUT2D eigenvalue weighted by Gasteiger charge is 2.22. The van der Waals surface area contributed by atoms with Gasteiger partial charge in [-0.1, -0.05) is 6.08 Å². The van der Waals surface area contributed by atoms with Crippen LogP contribution in [-0.2, 0) is 18.3 Å². The Hall–Kier alpha value is -3.13. The lowest BCUT2D eigenvalue weighted by atomic mass is 10.2. The predicted molar refractivity (Wildman–Crippen MR) is 134 cm³/mol. The monoisotopic (exact) mass is 510 g/mol. The number of fused-ring (bicyclic) bond motifs is 2. The number of pyridine rings is 1. The average Bonchev–Trinajstić information content (AvgIpc) is 3.30. The van der Waals surface area contributed by atoms with Crippen LogP contribution in [0.25, 0.3) is 33.6 Å². The second-order valence-corrected chi connectivity index (χ2v) is 8.97. The highest BCUT2D eigenvalue weighted by molar-refractivity contribution is 9.10. The summed E-state index contributed by atoms with van der Waals surface area (Å²) in [6.45, 7) is 8.26. The van der Waals surface area contributed by atoms with Gasteiger partial charge in [-0.05, 0) is 73.0 Å². The molecule has 0 saturated heterocycles. The Kier molecular flexibility index (Phi) is 6.56. The van der Waals surface area contributed by atoms with Gasteiger partial charge in [0, 0.05) is 19.0 Å². The Labute approximate surface area is 201 Å². The Balaban J connectivity index is 1.91. The number of benzene rings is 1. The zero-order valence-electron chi connectivity index (χ0n) is 19.3. The Morgan fingerprint density at radius 3 is 2.73 bits per heavy atom. The van der Waals surface area contributed by atoms with E-state index in [0.29, 0.717) is 16.8 Å². The number of aryl methyl sites for hydroxylation is 2. The van der Waals surface area contributed by atoms with E-state index >= 15 is 0 Å². The summed E-state index contributed by atoms with van der Waals surface area (Å²) >= 11 is 3.49. The molecule has 172 valence electrons. The number of carbonyl (C=O) groups is 1. The smallest absolute Gasteiger partial charge is 0.338 e. The molecule has 0 fully saturated rings. The van der Waals surface area contributed by atoms with Crippen molar-refractivity contribution < 1.29 is 14.3 Å². The molecule has 4 rings (SSSR count). The summed E-state index contributed by atoms with van der Waals surface area (Å²) in [5.74, 6) is 0.940. The van der Waals surface area contributed by atoms with E-state index in [9.17, 15) is 4.79 Å². The van der Waals surface area contributed by atoms with Gasteiger partial charge in [-0.3, -0.25) is 0 Å². The molecule has 0 bridgehead atoms. The van der Waals surface area contributed by atoms with Crippen LogP contribution in [0, 0.1) is 0 Å². The van der Waals surface area contributed by atoms with Gasteiger partial charge < -0.3 is 18.6 Å². The van der Waals surface area contributed by atoms with E-state index in [1.165, 1.54) is 0 Å². The number of halogens is 1. The quantitative estimate of drug-likeness (QED) is 0.128. The summed E-state index contributed by atoms with van der Waals surface area (Å²) in [6.07, 6.45) is 3.56. The van der Waals surface area contributed by atoms with Gasteiger partial charge in [-0.25, -0.2) is 14.8 Å². The van der Waals surface area contributed by atoms with Crippen molar-refractivity contribution in [3.63, 3.8) is 0 Å². The van der Waals surface area contributed by atoms with Crippen molar-refractivity contribution in [1.29, 1.82) is 0 Å². The Morgan fingerprint density at radius 2 is 2.03 bits per heavy atom. The van der Waals surface area contributed by atoms with Crippen LogP contribution in [0.1, 0.15) is 37.0 Å². The summed E-state index contributed by atoms with van der Waals surface area (Å²) in [6, 6.07) is 9.54. The highest BCUT2D eigenvalue weighted by Crippen LogP contribution is 2.34. The van der Waals surface area contributed by atoms with E-state index in [4.69, 9.17) is 19.4 Å². The number of imidazole rings is 1. The molecule has 0 spiro atoms. The lowest BCUT2D eigenvalue weighted by Gasteiger charge is -2.11. The van der Waals surface area contributed by atoms with Gasteiger partial charge in [0.25, 0.3) is 0 Å². The zero-order chi connectivity index (χ0) is 23.7. The summed E-state index contributed by atoms with van der Waals surface area (Å²) in [5.41, 5.74) is 3.73. The number of ether oxygens (including phenoxy) is 2. The second-order valence-electron chi connectivity index (χ2n) is 8.15. The minimum atomic E-state index is -0.398. The van der Waals surface area contributed by atoms with Gasteiger partial charge in [-0.2, -0.15) is 0 Å². The van der Waals surface area contributed by atoms with Gasteiger partial charge in [0.15, 0.2) is 5.82 Å². The molecule has 3 aromatic heterocycles. The topological polar surface area (TPSA) is 71.2 Å². The number of carbonyl (C=O) groups excluding carboxylic acids is 1. The van der Waals surface area contributed by atoms with Crippen LogP contribution < -0.4 is 4.74 Å². The standard InChI is InChI=1S/C25H27BrN4O3/c1-6-7-8-11-30-19(13-16-9-10-21(26)28-23(16)30)24-27-18-12-17(25(31)33-15(2)3)14-20(32-5)22(18)29(24)4/h6,9-10,12-15H,1,7-8,11H2,2-5H3. The molecule has 0 aliphatic heterocycles. The molecule has 0 radical (unpaired) electrons. The summed E-state index contributed by atoms with van der Waals surface area (Å²) in [7, 11) is 3.54. The number of nitrogens with zero attached hydrogens (tertiary/aromatic N) is 4. The molecular formula is C25H27BrN4O3. The van der Waals surface area contributed by atoms with Crippen molar-refractivity contribution in [2.45, 2.75) is 39.3 Å². The maximum Gasteiger partial charge on any atom is 0.338 e. The largest absolute Gasteiger partial charge is 0.494 e. The van der Waals surface area contributed by atoms with Gasteiger partial charge in [-0.15, -0.1) is 6.58 Å². The fourth-order valence-electron chi connectivity index (χ4n) is 4.00. The average molecular weight is 511 g/mol. The molecule has 0 aliphatic rings.